The number of rotatable bonds is 6. The zero-order chi connectivity index (χ0) is 38.2. The molecule has 0 saturated carbocycles. The lowest BCUT2D eigenvalue weighted by molar-refractivity contribution is -0.125. The normalized spacial score (nSPS) is 24.0. The van der Waals surface area contributed by atoms with Crippen LogP contribution in [0.2, 0.25) is 0 Å². The minimum atomic E-state index is -1.16. The third-order valence-corrected chi connectivity index (χ3v) is 10.7. The molecule has 5 aliphatic heterocycles. The summed E-state index contributed by atoms with van der Waals surface area (Å²) in [5.41, 5.74) is 2.22. The molecule has 280 valence electrons. The number of amides is 3. The summed E-state index contributed by atoms with van der Waals surface area (Å²) in [7, 11) is 1.47. The van der Waals surface area contributed by atoms with Gasteiger partial charge in [0.25, 0.3) is 11.8 Å². The summed E-state index contributed by atoms with van der Waals surface area (Å²) in [5, 5.41) is 28.9. The van der Waals surface area contributed by atoms with Crippen LogP contribution in [-0.2, 0) is 22.4 Å². The standard InChI is InChI=1S/C39H39N5O10/c1-18(43-36(47)20-8-6-7-9-21(20)37(43)48)35(46)41-16-26-31-22(27(45)14-29-33(31)52-17-51-29)13-24-32-30-19(12-23(42-32)25(15-40)44(24)26)10-11-28(50-5)34(30)53-38(49)54-39(2,3)4/h6-11,14,18,23-26,32,42,45H,12-13,16-17H2,1-5H3,(H,41,46)/t18-,23-,24-,25-,26-,32-/m0/s1. The van der Waals surface area contributed by atoms with E-state index in [9.17, 15) is 29.5 Å². The lowest BCUT2D eigenvalue weighted by atomic mass is 9.73. The summed E-state index contributed by atoms with van der Waals surface area (Å²) < 4.78 is 28.7. The van der Waals surface area contributed by atoms with Crippen LogP contribution in [0.15, 0.2) is 42.5 Å². The number of nitriles is 1. The summed E-state index contributed by atoms with van der Waals surface area (Å²) >= 11 is 0. The molecule has 5 aliphatic rings. The zero-order valence-electron chi connectivity index (χ0n) is 30.3. The molecular formula is C39H39N5O10. The Morgan fingerprint density at radius 2 is 1.81 bits per heavy atom. The van der Waals surface area contributed by atoms with Gasteiger partial charge in [-0.3, -0.25) is 24.2 Å². The molecular weight excluding hydrogens is 698 g/mol. The van der Waals surface area contributed by atoms with Crippen molar-refractivity contribution < 1.29 is 48.0 Å². The molecule has 3 N–H and O–H groups in total. The zero-order valence-corrected chi connectivity index (χ0v) is 30.3. The van der Waals surface area contributed by atoms with E-state index in [1.807, 2.05) is 11.0 Å². The maximum Gasteiger partial charge on any atom is 0.514 e. The second-order valence-corrected chi connectivity index (χ2v) is 15.0. The van der Waals surface area contributed by atoms with Crippen LogP contribution < -0.4 is 29.6 Å². The Labute approximate surface area is 310 Å². The molecule has 0 spiro atoms. The molecule has 54 heavy (non-hydrogen) atoms. The highest BCUT2D eigenvalue weighted by Gasteiger charge is 2.54. The average Bonchev–Trinajstić information content (AvgIpc) is 3.70. The first-order chi connectivity index (χ1) is 25.8. The van der Waals surface area contributed by atoms with E-state index >= 15 is 0 Å². The predicted molar refractivity (Wildman–Crippen MR) is 188 cm³/mol. The smallest absolute Gasteiger partial charge is 0.508 e. The molecule has 0 aliphatic carbocycles. The van der Waals surface area contributed by atoms with Crippen molar-refractivity contribution in [2.24, 2.45) is 0 Å². The van der Waals surface area contributed by atoms with E-state index in [4.69, 9.17) is 23.7 Å². The highest BCUT2D eigenvalue weighted by molar-refractivity contribution is 6.22. The lowest BCUT2D eigenvalue weighted by Gasteiger charge is -2.56. The quantitative estimate of drug-likeness (QED) is 0.189. The number of fused-ring (bicyclic) bond motifs is 10. The first-order valence-electron chi connectivity index (χ1n) is 17.7. The van der Waals surface area contributed by atoms with E-state index in [-0.39, 0.29) is 42.4 Å². The number of hydrogen-bond acceptors (Lipinski definition) is 13. The van der Waals surface area contributed by atoms with Crippen LogP contribution in [0.25, 0.3) is 0 Å². The Morgan fingerprint density at radius 1 is 1.09 bits per heavy atom. The molecule has 0 unspecified atom stereocenters. The van der Waals surface area contributed by atoms with Crippen molar-refractivity contribution in [2.75, 3.05) is 20.4 Å². The van der Waals surface area contributed by atoms with Gasteiger partial charge in [0.15, 0.2) is 23.0 Å². The summed E-state index contributed by atoms with van der Waals surface area (Å²) in [5.74, 6) is -0.558. The van der Waals surface area contributed by atoms with Crippen molar-refractivity contribution in [1.82, 2.24) is 20.4 Å². The van der Waals surface area contributed by atoms with Crippen LogP contribution in [0.5, 0.6) is 28.7 Å². The van der Waals surface area contributed by atoms with Crippen LogP contribution >= 0.6 is 0 Å². The van der Waals surface area contributed by atoms with Gasteiger partial charge < -0.3 is 39.4 Å². The third kappa shape index (κ3) is 5.55. The summed E-state index contributed by atoms with van der Waals surface area (Å²) in [4.78, 5) is 56.4. The number of carbonyl (C=O) groups is 4. The number of methoxy groups -OCH3 is 1. The van der Waals surface area contributed by atoms with Crippen molar-refractivity contribution in [3.8, 4) is 34.8 Å². The second-order valence-electron chi connectivity index (χ2n) is 15.0. The van der Waals surface area contributed by atoms with Crippen molar-refractivity contribution in [3.05, 3.63) is 75.8 Å². The Hall–Kier alpha value is -5.85. The molecule has 1 saturated heterocycles. The van der Waals surface area contributed by atoms with Crippen LogP contribution in [0.3, 0.4) is 0 Å². The maximum atomic E-state index is 13.9. The molecule has 1 fully saturated rings. The number of aromatic hydroxyl groups is 1. The number of phenols is 1. The van der Waals surface area contributed by atoms with Gasteiger partial charge in [0.1, 0.15) is 23.4 Å². The van der Waals surface area contributed by atoms with Gasteiger partial charge in [-0.05, 0) is 64.3 Å². The van der Waals surface area contributed by atoms with Crippen LogP contribution in [0.1, 0.15) is 82.7 Å². The number of nitrogens with zero attached hydrogens (tertiary/aromatic N) is 3. The fourth-order valence-electron chi connectivity index (χ4n) is 8.51. The van der Waals surface area contributed by atoms with Gasteiger partial charge in [-0.1, -0.05) is 18.2 Å². The largest absolute Gasteiger partial charge is 0.514 e. The molecule has 0 aromatic heterocycles. The molecule has 3 aromatic carbocycles. The fourth-order valence-corrected chi connectivity index (χ4v) is 8.51. The average molecular weight is 738 g/mol. The minimum Gasteiger partial charge on any atom is -0.508 e. The number of benzene rings is 3. The van der Waals surface area contributed by atoms with Crippen molar-refractivity contribution in [3.63, 3.8) is 0 Å². The molecule has 3 amide bonds. The SMILES string of the molecule is COc1ccc2c(c1OC(=O)OC(C)(C)C)[C@H]1N[C@@H](C2)[C@H](C#N)N2[C@@H](CNC(=O)[C@H](C)N3C(=O)c4ccccc4C3=O)c3c(c(O)cc4c3OCO4)C[C@@H]12. The number of carbonyl (C=O) groups excluding carboxylic acids is 4. The van der Waals surface area contributed by atoms with Gasteiger partial charge in [-0.15, -0.1) is 0 Å². The molecule has 0 radical (unpaired) electrons. The number of nitrogens with one attached hydrogen (secondary N) is 2. The van der Waals surface area contributed by atoms with Gasteiger partial charge in [0, 0.05) is 41.4 Å². The number of phenolic OH excluding ortho intramolecular Hbond substituents is 1. The van der Waals surface area contributed by atoms with Crippen molar-refractivity contribution in [2.45, 2.75) is 82.4 Å². The Balaban J connectivity index is 1.18. The van der Waals surface area contributed by atoms with E-state index in [1.54, 1.807) is 51.1 Å². The van der Waals surface area contributed by atoms with Gasteiger partial charge >= 0.3 is 6.16 Å². The number of imide groups is 1. The fraction of sp³-hybridized carbons (Fsp3) is 0.410. The van der Waals surface area contributed by atoms with Crippen molar-refractivity contribution in [1.29, 1.82) is 5.26 Å². The molecule has 15 nitrogen and oxygen atoms in total. The van der Waals surface area contributed by atoms with Gasteiger partial charge in [-0.25, -0.2) is 4.79 Å². The molecule has 3 aromatic rings. The van der Waals surface area contributed by atoms with E-state index in [2.05, 4.69) is 16.7 Å². The Bertz CT molecular complexity index is 2120. The van der Waals surface area contributed by atoms with E-state index in [0.717, 1.165) is 10.5 Å². The maximum absolute atomic E-state index is 13.9. The molecule has 5 heterocycles. The number of ether oxygens (including phenoxy) is 5. The molecule has 15 heteroatoms. The van der Waals surface area contributed by atoms with Gasteiger partial charge in [0.05, 0.1) is 36.4 Å². The predicted octanol–water partition coefficient (Wildman–Crippen LogP) is 3.67. The molecule has 2 bridgehead atoms. The number of piperazine rings is 1. The van der Waals surface area contributed by atoms with Crippen LogP contribution in [0, 0.1) is 11.3 Å². The lowest BCUT2D eigenvalue weighted by Crippen LogP contribution is -2.68. The van der Waals surface area contributed by atoms with Gasteiger partial charge in [0.2, 0.25) is 12.7 Å². The first kappa shape index (κ1) is 35.2. The van der Waals surface area contributed by atoms with Crippen LogP contribution in [0.4, 0.5) is 4.79 Å². The summed E-state index contributed by atoms with van der Waals surface area (Å²) in [6, 6.07) is 9.88. The summed E-state index contributed by atoms with van der Waals surface area (Å²) in [6.07, 6.45) is -0.285. The Kier molecular flexibility index (Phi) is 8.42. The molecule has 8 rings (SSSR count). The minimum absolute atomic E-state index is 0.0489. The highest BCUT2D eigenvalue weighted by Crippen LogP contribution is 2.55. The first-order valence-corrected chi connectivity index (χ1v) is 17.7. The number of hydrogen-bond donors (Lipinski definition) is 3. The van der Waals surface area contributed by atoms with E-state index < -0.39 is 65.7 Å². The third-order valence-electron chi connectivity index (χ3n) is 10.7. The van der Waals surface area contributed by atoms with Gasteiger partial charge in [-0.2, -0.15) is 5.26 Å². The second kappa shape index (κ2) is 12.9. The summed E-state index contributed by atoms with van der Waals surface area (Å²) in [6.45, 7) is 6.51. The molecule has 6 atom stereocenters. The van der Waals surface area contributed by atoms with E-state index in [0.29, 0.717) is 40.4 Å². The Morgan fingerprint density at radius 3 is 2.48 bits per heavy atom. The monoisotopic (exact) mass is 737 g/mol. The van der Waals surface area contributed by atoms with Crippen molar-refractivity contribution >= 4 is 23.9 Å². The van der Waals surface area contributed by atoms with E-state index in [1.165, 1.54) is 20.1 Å². The highest BCUT2D eigenvalue weighted by atomic mass is 16.7. The van der Waals surface area contributed by atoms with Crippen LogP contribution in [-0.4, -0.2) is 89.0 Å². The topological polar surface area (TPSA) is 189 Å².